The first-order chi connectivity index (χ1) is 9.95. The van der Waals surface area contributed by atoms with E-state index in [1.165, 1.54) is 20.9 Å². The van der Waals surface area contributed by atoms with Gasteiger partial charge in [0, 0.05) is 19.8 Å². The molecule has 0 aliphatic carbocycles. The lowest BCUT2D eigenvalue weighted by atomic mass is 10.5. The van der Waals surface area contributed by atoms with Gasteiger partial charge < -0.3 is 9.72 Å². The Kier molecular flexibility index (Phi) is 4.84. The van der Waals surface area contributed by atoms with Crippen molar-refractivity contribution in [2.75, 3.05) is 12.4 Å². The monoisotopic (exact) mass is 328 g/mol. The quantitative estimate of drug-likeness (QED) is 0.507. The highest BCUT2D eigenvalue weighted by molar-refractivity contribution is 7.99. The van der Waals surface area contributed by atoms with Crippen LogP contribution in [0.3, 0.4) is 0 Å². The number of nitrogens with one attached hydrogen (secondary N) is 1. The second-order valence-corrected chi connectivity index (χ2v) is 5.82. The average Bonchev–Trinajstić information content (AvgIpc) is 2.87. The first kappa shape index (κ1) is 15.8. The van der Waals surface area contributed by atoms with Gasteiger partial charge in [0.25, 0.3) is 0 Å². The number of esters is 1. The Bertz CT molecular complexity index is 790. The van der Waals surface area contributed by atoms with Gasteiger partial charge in [0.2, 0.25) is 0 Å². The normalized spacial score (nSPS) is 11.0. The van der Waals surface area contributed by atoms with Gasteiger partial charge in [0.15, 0.2) is 10.8 Å². The molecule has 0 spiro atoms. The number of carbonyl (C=O) groups is 1. The molecule has 2 aromatic heterocycles. The molecule has 7 nitrogen and oxygen atoms in total. The molecule has 0 aliphatic heterocycles. The number of aromatic nitrogens is 4. The minimum absolute atomic E-state index is 0.220. The predicted molar refractivity (Wildman–Crippen MR) is 83.1 cm³/mol. The molecule has 0 fully saturated rings. The van der Waals surface area contributed by atoms with Gasteiger partial charge in [-0.25, -0.2) is 9.78 Å². The maximum atomic E-state index is 11.9. The molecule has 1 N–H and O–H groups in total. The number of fused-ring (bicyclic) bond motifs is 1. The second-order valence-electron chi connectivity index (χ2n) is 4.35. The molecular formula is C12H16N4O3S2. The van der Waals surface area contributed by atoms with Gasteiger partial charge in [-0.15, -0.1) is 0 Å². The van der Waals surface area contributed by atoms with Gasteiger partial charge in [0.05, 0.1) is 13.0 Å². The number of carbonyl (C=O) groups excluding carboxylic acids is 1. The van der Waals surface area contributed by atoms with E-state index < -0.39 is 0 Å². The summed E-state index contributed by atoms with van der Waals surface area (Å²) in [7, 11) is 3.27. The molecule has 0 saturated carbocycles. The molecule has 9 heteroatoms. The molecule has 0 bridgehead atoms. The van der Waals surface area contributed by atoms with E-state index in [-0.39, 0.29) is 11.7 Å². The van der Waals surface area contributed by atoms with Crippen LogP contribution < -0.4 is 5.69 Å². The Morgan fingerprint density at radius 2 is 2.14 bits per heavy atom. The molecule has 0 amide bonds. The number of nitrogens with zero attached hydrogens (tertiary/aromatic N) is 3. The van der Waals surface area contributed by atoms with E-state index in [2.05, 4.69) is 9.97 Å². The Morgan fingerprint density at radius 3 is 2.81 bits per heavy atom. The molecule has 0 aliphatic rings. The summed E-state index contributed by atoms with van der Waals surface area (Å²) < 4.78 is 8.11. The molecule has 2 rings (SSSR count). The van der Waals surface area contributed by atoms with E-state index >= 15 is 0 Å². The molecule has 0 unspecified atom stereocenters. The molecule has 2 aromatic rings. The zero-order valence-corrected chi connectivity index (χ0v) is 13.6. The largest absolute Gasteiger partial charge is 0.466 e. The van der Waals surface area contributed by atoms with Crippen molar-refractivity contribution < 1.29 is 9.53 Å². The highest BCUT2D eigenvalue weighted by Gasteiger charge is 2.12. The summed E-state index contributed by atoms with van der Waals surface area (Å²) in [5, 5.41) is 0.626. The Morgan fingerprint density at radius 1 is 1.43 bits per heavy atom. The van der Waals surface area contributed by atoms with E-state index in [1.54, 1.807) is 21.0 Å². The van der Waals surface area contributed by atoms with Crippen molar-refractivity contribution in [3.63, 3.8) is 0 Å². The van der Waals surface area contributed by atoms with Crippen LogP contribution in [0, 0.1) is 4.64 Å². The van der Waals surface area contributed by atoms with Gasteiger partial charge in [-0.05, 0) is 6.92 Å². The summed E-state index contributed by atoms with van der Waals surface area (Å²) in [6, 6.07) is 0. The number of ether oxygens (including phenoxy) is 1. The highest BCUT2D eigenvalue weighted by atomic mass is 32.2. The van der Waals surface area contributed by atoms with Gasteiger partial charge in [-0.3, -0.25) is 13.9 Å². The number of thioether (sulfide) groups is 1. The van der Waals surface area contributed by atoms with Crippen molar-refractivity contribution in [3.8, 4) is 0 Å². The van der Waals surface area contributed by atoms with Crippen LogP contribution in [0.1, 0.15) is 13.3 Å². The summed E-state index contributed by atoms with van der Waals surface area (Å²) in [4.78, 5) is 30.6. The minimum atomic E-state index is -0.233. The Hall–Kier alpha value is -1.61. The van der Waals surface area contributed by atoms with Crippen molar-refractivity contribution in [1.29, 1.82) is 0 Å². The third kappa shape index (κ3) is 3.18. The van der Waals surface area contributed by atoms with Gasteiger partial charge in [-0.2, -0.15) is 0 Å². The van der Waals surface area contributed by atoms with Crippen molar-refractivity contribution in [3.05, 3.63) is 15.1 Å². The molecule has 114 valence electrons. The maximum absolute atomic E-state index is 11.9. The summed E-state index contributed by atoms with van der Waals surface area (Å²) in [5.74, 6) is 0.315. The molecule has 2 heterocycles. The first-order valence-electron chi connectivity index (χ1n) is 6.39. The van der Waals surface area contributed by atoms with E-state index in [0.717, 1.165) is 0 Å². The second kappa shape index (κ2) is 6.44. The molecular weight excluding hydrogens is 312 g/mol. The molecule has 21 heavy (non-hydrogen) atoms. The number of hydrogen-bond acceptors (Lipinski definition) is 6. The number of aryl methyl sites for hydroxylation is 1. The van der Waals surface area contributed by atoms with E-state index in [9.17, 15) is 9.59 Å². The lowest BCUT2D eigenvalue weighted by Gasteiger charge is -2.02. The van der Waals surface area contributed by atoms with Crippen LogP contribution in [0.25, 0.3) is 11.2 Å². The van der Waals surface area contributed by atoms with Crippen LogP contribution in [0.2, 0.25) is 0 Å². The molecule has 0 saturated heterocycles. The van der Waals surface area contributed by atoms with E-state index in [4.69, 9.17) is 17.0 Å². The average molecular weight is 328 g/mol. The van der Waals surface area contributed by atoms with Gasteiger partial charge >= 0.3 is 11.7 Å². The van der Waals surface area contributed by atoms with Gasteiger partial charge in [-0.1, -0.05) is 24.0 Å². The van der Waals surface area contributed by atoms with Crippen molar-refractivity contribution >= 4 is 41.1 Å². The first-order valence-corrected chi connectivity index (χ1v) is 7.79. The SMILES string of the molecule is CCOC(=O)CCSc1nc2c([nH]1)c(=S)n(C)c(=O)n2C. The summed E-state index contributed by atoms with van der Waals surface area (Å²) in [6.45, 7) is 2.15. The lowest BCUT2D eigenvalue weighted by molar-refractivity contribution is -0.142. The summed E-state index contributed by atoms with van der Waals surface area (Å²) >= 11 is 6.63. The van der Waals surface area contributed by atoms with Crippen LogP contribution in [0.4, 0.5) is 0 Å². The minimum Gasteiger partial charge on any atom is -0.466 e. The third-order valence-corrected chi connectivity index (χ3v) is 4.28. The summed E-state index contributed by atoms with van der Waals surface area (Å²) in [5.41, 5.74) is 0.942. The molecule has 0 atom stereocenters. The van der Waals surface area contributed by atoms with Crippen LogP contribution in [-0.2, 0) is 23.6 Å². The van der Waals surface area contributed by atoms with Crippen LogP contribution >= 0.6 is 24.0 Å². The zero-order chi connectivity index (χ0) is 15.6. The van der Waals surface area contributed by atoms with Crippen molar-refractivity contribution in [2.24, 2.45) is 14.1 Å². The smallest absolute Gasteiger partial charge is 0.330 e. The number of H-pyrrole nitrogens is 1. The lowest BCUT2D eigenvalue weighted by Crippen LogP contribution is -2.27. The van der Waals surface area contributed by atoms with E-state index in [1.807, 2.05) is 0 Å². The maximum Gasteiger partial charge on any atom is 0.330 e. The molecule has 0 radical (unpaired) electrons. The number of hydrogen-bond donors (Lipinski definition) is 1. The number of rotatable bonds is 5. The summed E-state index contributed by atoms with van der Waals surface area (Å²) in [6.07, 6.45) is 0.309. The zero-order valence-electron chi connectivity index (χ0n) is 12.0. The standard InChI is InChI=1S/C12H16N4O3S2/c1-4-19-7(17)5-6-21-11-13-8-9(14-11)15(2)12(18)16(3)10(8)20/h4-6H2,1-3H3,(H,13,14). The Labute approximate surface area is 130 Å². The van der Waals surface area contributed by atoms with Crippen LogP contribution in [0.5, 0.6) is 0 Å². The van der Waals surface area contributed by atoms with E-state index in [0.29, 0.717) is 39.7 Å². The van der Waals surface area contributed by atoms with Crippen LogP contribution in [0.15, 0.2) is 9.95 Å². The van der Waals surface area contributed by atoms with Crippen molar-refractivity contribution in [1.82, 2.24) is 19.1 Å². The fraction of sp³-hybridized carbons (Fsp3) is 0.500. The number of aromatic amines is 1. The predicted octanol–water partition coefficient (Wildman–Crippen LogP) is 1.37. The highest BCUT2D eigenvalue weighted by Crippen LogP contribution is 2.19. The fourth-order valence-electron chi connectivity index (χ4n) is 1.84. The van der Waals surface area contributed by atoms with Crippen molar-refractivity contribution in [2.45, 2.75) is 18.5 Å². The topological polar surface area (TPSA) is 81.9 Å². The fourth-order valence-corrected chi connectivity index (χ4v) is 2.85. The Balaban J connectivity index is 2.22. The molecule has 0 aromatic carbocycles. The van der Waals surface area contributed by atoms with Gasteiger partial charge in [0.1, 0.15) is 10.2 Å². The van der Waals surface area contributed by atoms with Crippen LogP contribution in [-0.4, -0.2) is 37.4 Å². The third-order valence-electron chi connectivity index (χ3n) is 2.92. The number of imidazole rings is 1.